The van der Waals surface area contributed by atoms with E-state index in [1.165, 1.54) is 6.07 Å². The Morgan fingerprint density at radius 1 is 0.895 bits per heavy atom. The Hall–Kier alpha value is -2.68. The minimum absolute atomic E-state index is 0.0132. The molecule has 0 unspecified atom stereocenters. The van der Waals surface area contributed by atoms with Crippen LogP contribution >= 0.6 is 0 Å². The summed E-state index contributed by atoms with van der Waals surface area (Å²) in [7, 11) is 0. The first-order valence-corrected chi connectivity index (χ1v) is 5.98. The average molecular weight is 248 g/mol. The highest BCUT2D eigenvalue weighted by Gasteiger charge is 2.13. The summed E-state index contributed by atoms with van der Waals surface area (Å²) >= 11 is 0. The third-order valence-electron chi connectivity index (χ3n) is 3.56. The highest BCUT2D eigenvalue weighted by molar-refractivity contribution is 6.23. The zero-order valence-electron chi connectivity index (χ0n) is 10.9. The van der Waals surface area contributed by atoms with Crippen LogP contribution in [0.3, 0.4) is 0 Å². The first-order chi connectivity index (χ1) is 9.66. The number of nitro benzene ring substituents is 1. The van der Waals surface area contributed by atoms with Crippen LogP contribution in [0.4, 0.5) is 5.69 Å². The second kappa shape index (κ2) is 3.42. The van der Waals surface area contributed by atoms with E-state index in [9.17, 15) is 10.1 Å². The summed E-state index contributed by atoms with van der Waals surface area (Å²) in [5.74, 6) is 0. The first-order valence-electron chi connectivity index (χ1n) is 6.48. The number of hydrogen-bond donors (Lipinski definition) is 0. The lowest BCUT2D eigenvalue weighted by molar-refractivity contribution is -0.384. The van der Waals surface area contributed by atoms with E-state index in [0.717, 1.165) is 26.9 Å². The molecule has 0 atom stereocenters. The lowest BCUT2D eigenvalue weighted by Crippen LogP contribution is -1.89. The smallest absolute Gasteiger partial charge is 0.258 e. The lowest BCUT2D eigenvalue weighted by atomic mass is 9.94. The minimum atomic E-state index is -0.489. The molecule has 19 heavy (non-hydrogen) atoms. The third kappa shape index (κ3) is 1.32. The second-order valence-electron chi connectivity index (χ2n) is 4.63. The molecule has 0 aromatic heterocycles. The van der Waals surface area contributed by atoms with Crippen molar-refractivity contribution in [2.45, 2.75) is 0 Å². The van der Waals surface area contributed by atoms with Gasteiger partial charge in [0.25, 0.3) is 5.69 Å². The van der Waals surface area contributed by atoms with Crippen LogP contribution in [0.15, 0.2) is 54.6 Å². The number of benzene rings is 4. The molecule has 0 radical (unpaired) electrons. The molecule has 0 aliphatic rings. The molecule has 4 aromatic rings. The van der Waals surface area contributed by atoms with Crippen LogP contribution in [-0.2, 0) is 0 Å². The van der Waals surface area contributed by atoms with Gasteiger partial charge in [-0.1, -0.05) is 42.5 Å². The molecular formula is C16H9NO2. The van der Waals surface area contributed by atoms with Gasteiger partial charge >= 0.3 is 0 Å². The van der Waals surface area contributed by atoms with Gasteiger partial charge in [0, 0.05) is 12.1 Å². The fraction of sp³-hybridized carbons (Fsp3) is 0. The molecule has 0 heterocycles. The van der Waals surface area contributed by atoms with E-state index in [4.69, 9.17) is 1.37 Å². The SMILES string of the molecule is [2H]c1c([N+](=O)[O-])cc2ccc3cccc4ccc1c2c34. The Bertz CT molecular complexity index is 978. The molecule has 0 N–H and O–H groups in total. The standard InChI is InChI=1S/C16H9NO2/c18-17(19)14-8-12-6-4-10-2-1-3-11-5-7-13(9-14)16(12)15(10)11/h1-9H/i8D. The van der Waals surface area contributed by atoms with Crippen molar-refractivity contribution in [1.82, 2.24) is 0 Å². The first kappa shape index (κ1) is 9.28. The van der Waals surface area contributed by atoms with E-state index >= 15 is 0 Å². The molecule has 0 spiro atoms. The van der Waals surface area contributed by atoms with Crippen molar-refractivity contribution in [3.05, 3.63) is 64.7 Å². The maximum Gasteiger partial charge on any atom is 0.270 e. The molecule has 0 saturated carbocycles. The van der Waals surface area contributed by atoms with Crippen molar-refractivity contribution >= 4 is 38.0 Å². The van der Waals surface area contributed by atoms with Crippen LogP contribution in [0.1, 0.15) is 1.37 Å². The van der Waals surface area contributed by atoms with Crippen molar-refractivity contribution in [1.29, 1.82) is 0 Å². The van der Waals surface area contributed by atoms with E-state index in [2.05, 4.69) is 0 Å². The van der Waals surface area contributed by atoms with Crippen LogP contribution < -0.4 is 0 Å². The summed E-state index contributed by atoms with van der Waals surface area (Å²) in [6.45, 7) is 0. The van der Waals surface area contributed by atoms with Crippen molar-refractivity contribution in [3.8, 4) is 0 Å². The summed E-state index contributed by atoms with van der Waals surface area (Å²) < 4.78 is 8.07. The molecule has 3 nitrogen and oxygen atoms in total. The summed E-state index contributed by atoms with van der Waals surface area (Å²) in [6, 6.07) is 15.1. The Morgan fingerprint density at radius 2 is 1.47 bits per heavy atom. The second-order valence-corrected chi connectivity index (χ2v) is 4.63. The van der Waals surface area contributed by atoms with E-state index < -0.39 is 4.92 Å². The largest absolute Gasteiger partial charge is 0.270 e. The molecule has 3 heteroatoms. The predicted molar refractivity (Wildman–Crippen MR) is 76.8 cm³/mol. The normalized spacial score (nSPS) is 12.3. The Morgan fingerprint density at radius 3 is 2.16 bits per heavy atom. The average Bonchev–Trinajstić information content (AvgIpc) is 2.46. The predicted octanol–water partition coefficient (Wildman–Crippen LogP) is 4.49. The van der Waals surface area contributed by atoms with Crippen molar-refractivity contribution in [2.75, 3.05) is 0 Å². The molecule has 90 valence electrons. The quantitative estimate of drug-likeness (QED) is 0.283. The lowest BCUT2D eigenvalue weighted by Gasteiger charge is -2.10. The molecule has 0 aliphatic heterocycles. The summed E-state index contributed by atoms with van der Waals surface area (Å²) in [6.07, 6.45) is 0. The highest BCUT2D eigenvalue weighted by atomic mass is 16.6. The maximum absolute atomic E-state index is 11.1. The van der Waals surface area contributed by atoms with Crippen LogP contribution in [0, 0.1) is 10.1 Å². The fourth-order valence-corrected chi connectivity index (χ4v) is 2.75. The van der Waals surface area contributed by atoms with E-state index in [1.54, 1.807) is 6.07 Å². The van der Waals surface area contributed by atoms with Crippen LogP contribution in [-0.4, -0.2) is 4.92 Å². The minimum Gasteiger partial charge on any atom is -0.258 e. The molecular weight excluding hydrogens is 238 g/mol. The van der Waals surface area contributed by atoms with E-state index in [1.807, 2.05) is 36.4 Å². The van der Waals surface area contributed by atoms with Gasteiger partial charge in [-0.3, -0.25) is 10.1 Å². The number of nitrogens with zero attached hydrogens (tertiary/aromatic N) is 1. The van der Waals surface area contributed by atoms with E-state index in [0.29, 0.717) is 5.39 Å². The molecule has 0 fully saturated rings. The van der Waals surface area contributed by atoms with Crippen LogP contribution in [0.5, 0.6) is 0 Å². The van der Waals surface area contributed by atoms with Gasteiger partial charge < -0.3 is 0 Å². The number of hydrogen-bond acceptors (Lipinski definition) is 2. The van der Waals surface area contributed by atoms with Gasteiger partial charge in [-0.15, -0.1) is 0 Å². The van der Waals surface area contributed by atoms with Gasteiger partial charge in [0.15, 0.2) is 0 Å². The van der Waals surface area contributed by atoms with Gasteiger partial charge in [-0.2, -0.15) is 0 Å². The van der Waals surface area contributed by atoms with Crippen LogP contribution in [0.2, 0.25) is 0 Å². The fourth-order valence-electron chi connectivity index (χ4n) is 2.75. The molecule has 4 aromatic carbocycles. The molecule has 0 bridgehead atoms. The van der Waals surface area contributed by atoms with Gasteiger partial charge in [0.2, 0.25) is 0 Å². The summed E-state index contributed by atoms with van der Waals surface area (Å²) in [5.41, 5.74) is -0.143. The zero-order chi connectivity index (χ0) is 13.9. The van der Waals surface area contributed by atoms with Crippen molar-refractivity contribution < 1.29 is 6.29 Å². The molecule has 4 rings (SSSR count). The summed E-state index contributed by atoms with van der Waals surface area (Å²) in [4.78, 5) is 10.6. The topological polar surface area (TPSA) is 43.1 Å². The number of nitro groups is 1. The van der Waals surface area contributed by atoms with Gasteiger partial charge in [-0.05, 0) is 32.3 Å². The monoisotopic (exact) mass is 248 g/mol. The number of rotatable bonds is 1. The molecule has 0 aliphatic carbocycles. The van der Waals surface area contributed by atoms with Crippen LogP contribution in [0.25, 0.3) is 32.3 Å². The van der Waals surface area contributed by atoms with Crippen molar-refractivity contribution in [2.24, 2.45) is 0 Å². The Kier molecular flexibility index (Phi) is 1.67. The third-order valence-corrected chi connectivity index (χ3v) is 3.56. The molecule has 0 saturated heterocycles. The van der Waals surface area contributed by atoms with Crippen molar-refractivity contribution in [3.63, 3.8) is 0 Å². The van der Waals surface area contributed by atoms with E-state index in [-0.39, 0.29) is 11.7 Å². The highest BCUT2D eigenvalue weighted by Crippen LogP contribution is 2.36. The Balaban J connectivity index is 2.36. The Labute approximate surface area is 110 Å². The summed E-state index contributed by atoms with van der Waals surface area (Å²) in [5, 5.41) is 16.7. The van der Waals surface area contributed by atoms with Gasteiger partial charge in [-0.25, -0.2) is 0 Å². The van der Waals surface area contributed by atoms with Gasteiger partial charge in [0.1, 0.15) is 0 Å². The molecule has 0 amide bonds. The zero-order valence-corrected chi connectivity index (χ0v) is 9.88. The van der Waals surface area contributed by atoms with Gasteiger partial charge in [0.05, 0.1) is 6.29 Å². The maximum atomic E-state index is 11.1.